The van der Waals surface area contributed by atoms with Gasteiger partial charge in [0, 0.05) is 25.1 Å². The number of anilines is 1. The van der Waals surface area contributed by atoms with Gasteiger partial charge in [-0.15, -0.1) is 0 Å². The first kappa shape index (κ1) is 14.5. The van der Waals surface area contributed by atoms with E-state index in [2.05, 4.69) is 9.97 Å². The molecule has 0 aliphatic rings. The number of imidazole rings is 1. The molecule has 3 N–H and O–H groups in total. The van der Waals surface area contributed by atoms with Crippen LogP contribution in [0.25, 0.3) is 0 Å². The van der Waals surface area contributed by atoms with Crippen LogP contribution in [-0.2, 0) is 23.0 Å². The fourth-order valence-electron chi connectivity index (χ4n) is 1.92. The van der Waals surface area contributed by atoms with Crippen molar-refractivity contribution in [2.75, 3.05) is 12.8 Å². The molecule has 0 unspecified atom stereocenters. The van der Waals surface area contributed by atoms with Crippen molar-refractivity contribution >= 4 is 15.7 Å². The molecule has 20 heavy (non-hydrogen) atoms. The van der Waals surface area contributed by atoms with Gasteiger partial charge in [0.25, 0.3) is 0 Å². The van der Waals surface area contributed by atoms with E-state index in [1.807, 2.05) is 6.92 Å². The standard InChI is InChI=1S/C13H18N4O2S/c1-3-10-4-5-11(8-12(10)14)20(18,19)17(2)9-13-15-6-7-16-13/h4-8H,3,9,14H2,1-2H3,(H,15,16). The number of hydrogen-bond donors (Lipinski definition) is 2. The molecular formula is C13H18N4O2S. The van der Waals surface area contributed by atoms with Crippen molar-refractivity contribution in [2.45, 2.75) is 24.8 Å². The topological polar surface area (TPSA) is 92.1 Å². The van der Waals surface area contributed by atoms with E-state index in [-0.39, 0.29) is 11.4 Å². The molecule has 6 nitrogen and oxygen atoms in total. The summed E-state index contributed by atoms with van der Waals surface area (Å²) in [4.78, 5) is 7.10. The van der Waals surface area contributed by atoms with Crippen LogP contribution < -0.4 is 5.73 Å². The van der Waals surface area contributed by atoms with Crippen LogP contribution in [0.3, 0.4) is 0 Å². The second-order valence-electron chi connectivity index (χ2n) is 4.51. The first-order valence-electron chi connectivity index (χ1n) is 6.28. The molecule has 7 heteroatoms. The third kappa shape index (κ3) is 2.83. The first-order valence-corrected chi connectivity index (χ1v) is 7.72. The zero-order valence-corrected chi connectivity index (χ0v) is 12.3. The Balaban J connectivity index is 2.27. The van der Waals surface area contributed by atoms with E-state index < -0.39 is 10.0 Å². The fourth-order valence-corrected chi connectivity index (χ4v) is 3.08. The molecule has 1 aromatic carbocycles. The lowest BCUT2D eigenvalue weighted by atomic mass is 10.1. The Morgan fingerprint density at radius 3 is 2.70 bits per heavy atom. The van der Waals surface area contributed by atoms with Gasteiger partial charge in [-0.1, -0.05) is 13.0 Å². The van der Waals surface area contributed by atoms with E-state index in [4.69, 9.17) is 5.73 Å². The van der Waals surface area contributed by atoms with Crippen LogP contribution in [0.5, 0.6) is 0 Å². The highest BCUT2D eigenvalue weighted by atomic mass is 32.2. The third-order valence-corrected chi connectivity index (χ3v) is 4.93. The van der Waals surface area contributed by atoms with E-state index >= 15 is 0 Å². The quantitative estimate of drug-likeness (QED) is 0.815. The zero-order chi connectivity index (χ0) is 14.8. The van der Waals surface area contributed by atoms with E-state index in [0.717, 1.165) is 12.0 Å². The van der Waals surface area contributed by atoms with Crippen molar-refractivity contribution in [1.82, 2.24) is 14.3 Å². The predicted octanol–water partition coefficient (Wildman–Crippen LogP) is 1.37. The molecule has 1 heterocycles. The van der Waals surface area contributed by atoms with Gasteiger partial charge in [-0.3, -0.25) is 0 Å². The van der Waals surface area contributed by atoms with Crippen LogP contribution >= 0.6 is 0 Å². The number of benzene rings is 1. The van der Waals surface area contributed by atoms with E-state index in [9.17, 15) is 8.42 Å². The summed E-state index contributed by atoms with van der Waals surface area (Å²) in [6, 6.07) is 4.85. The molecule has 0 amide bonds. The Morgan fingerprint density at radius 2 is 2.15 bits per heavy atom. The molecule has 2 rings (SSSR count). The molecule has 0 atom stereocenters. The predicted molar refractivity (Wildman–Crippen MR) is 77.5 cm³/mol. The van der Waals surface area contributed by atoms with Gasteiger partial charge >= 0.3 is 0 Å². The summed E-state index contributed by atoms with van der Waals surface area (Å²) in [6.07, 6.45) is 4.02. The van der Waals surface area contributed by atoms with Crippen molar-refractivity contribution in [3.8, 4) is 0 Å². The third-order valence-electron chi connectivity index (χ3n) is 3.13. The van der Waals surface area contributed by atoms with Crippen LogP contribution in [0.4, 0.5) is 5.69 Å². The Bertz CT molecular complexity index is 680. The average molecular weight is 294 g/mol. The maximum atomic E-state index is 12.4. The van der Waals surface area contributed by atoms with Crippen molar-refractivity contribution in [2.24, 2.45) is 0 Å². The minimum atomic E-state index is -3.57. The van der Waals surface area contributed by atoms with Crippen molar-refractivity contribution in [3.63, 3.8) is 0 Å². The number of H-pyrrole nitrogens is 1. The summed E-state index contributed by atoms with van der Waals surface area (Å²) in [5.41, 5.74) is 7.31. The molecule has 108 valence electrons. The normalized spacial score (nSPS) is 11.9. The summed E-state index contributed by atoms with van der Waals surface area (Å²) in [7, 11) is -2.05. The van der Waals surface area contributed by atoms with E-state index in [1.54, 1.807) is 24.5 Å². The fraction of sp³-hybridized carbons (Fsp3) is 0.308. The van der Waals surface area contributed by atoms with Gasteiger partial charge in [-0.25, -0.2) is 13.4 Å². The summed E-state index contributed by atoms with van der Waals surface area (Å²) in [5, 5.41) is 0. The summed E-state index contributed by atoms with van der Waals surface area (Å²) >= 11 is 0. The van der Waals surface area contributed by atoms with Gasteiger partial charge < -0.3 is 10.7 Å². The number of nitrogen functional groups attached to an aromatic ring is 1. The molecule has 0 spiro atoms. The van der Waals surface area contributed by atoms with Gasteiger partial charge in [0.1, 0.15) is 5.82 Å². The molecule has 2 aromatic rings. The summed E-state index contributed by atoms with van der Waals surface area (Å²) in [6.45, 7) is 2.16. The number of nitrogens with zero attached hydrogens (tertiary/aromatic N) is 2. The van der Waals surface area contributed by atoms with E-state index in [0.29, 0.717) is 11.5 Å². The number of hydrogen-bond acceptors (Lipinski definition) is 4. The number of nitrogens with one attached hydrogen (secondary N) is 1. The maximum absolute atomic E-state index is 12.4. The Morgan fingerprint density at radius 1 is 1.40 bits per heavy atom. The maximum Gasteiger partial charge on any atom is 0.243 e. The zero-order valence-electron chi connectivity index (χ0n) is 11.5. The molecule has 0 aliphatic heterocycles. The molecule has 0 saturated heterocycles. The number of aryl methyl sites for hydroxylation is 1. The lowest BCUT2D eigenvalue weighted by Crippen LogP contribution is -2.27. The number of aromatic nitrogens is 2. The molecule has 0 radical (unpaired) electrons. The van der Waals surface area contributed by atoms with Crippen LogP contribution in [0.15, 0.2) is 35.5 Å². The number of rotatable bonds is 5. The van der Waals surface area contributed by atoms with Crippen molar-refractivity contribution in [1.29, 1.82) is 0 Å². The lowest BCUT2D eigenvalue weighted by molar-refractivity contribution is 0.458. The molecule has 0 saturated carbocycles. The van der Waals surface area contributed by atoms with Gasteiger partial charge in [0.05, 0.1) is 11.4 Å². The second-order valence-corrected chi connectivity index (χ2v) is 6.56. The van der Waals surface area contributed by atoms with Crippen LogP contribution in [0, 0.1) is 0 Å². The Labute approximate surface area is 118 Å². The Hall–Kier alpha value is -1.86. The minimum Gasteiger partial charge on any atom is -0.398 e. The minimum absolute atomic E-state index is 0.185. The van der Waals surface area contributed by atoms with Gasteiger partial charge in [-0.2, -0.15) is 4.31 Å². The first-order chi connectivity index (χ1) is 9.45. The molecule has 1 aromatic heterocycles. The second kappa shape index (κ2) is 5.64. The molecule has 0 aliphatic carbocycles. The Kier molecular flexibility index (Phi) is 4.10. The van der Waals surface area contributed by atoms with Gasteiger partial charge in [-0.05, 0) is 24.1 Å². The molecule has 0 fully saturated rings. The molecule has 0 bridgehead atoms. The summed E-state index contributed by atoms with van der Waals surface area (Å²) < 4.78 is 26.1. The highest BCUT2D eigenvalue weighted by Crippen LogP contribution is 2.21. The van der Waals surface area contributed by atoms with Crippen molar-refractivity contribution < 1.29 is 8.42 Å². The largest absolute Gasteiger partial charge is 0.398 e. The number of nitrogens with two attached hydrogens (primary N) is 1. The molecular weight excluding hydrogens is 276 g/mol. The van der Waals surface area contributed by atoms with Crippen LogP contribution in [-0.4, -0.2) is 29.7 Å². The van der Waals surface area contributed by atoms with Crippen LogP contribution in [0.2, 0.25) is 0 Å². The summed E-state index contributed by atoms with van der Waals surface area (Å²) in [5.74, 6) is 0.592. The highest BCUT2D eigenvalue weighted by Gasteiger charge is 2.22. The highest BCUT2D eigenvalue weighted by molar-refractivity contribution is 7.89. The average Bonchev–Trinajstić information content (AvgIpc) is 2.91. The van der Waals surface area contributed by atoms with Gasteiger partial charge in [0.2, 0.25) is 10.0 Å². The van der Waals surface area contributed by atoms with Gasteiger partial charge in [0.15, 0.2) is 0 Å². The van der Waals surface area contributed by atoms with Crippen LogP contribution in [0.1, 0.15) is 18.3 Å². The SMILES string of the molecule is CCc1ccc(S(=O)(=O)N(C)Cc2ncc[nH]2)cc1N. The van der Waals surface area contributed by atoms with Crippen molar-refractivity contribution in [3.05, 3.63) is 42.0 Å². The number of sulfonamides is 1. The monoisotopic (exact) mass is 294 g/mol. The lowest BCUT2D eigenvalue weighted by Gasteiger charge is -2.16. The number of aromatic amines is 1. The van der Waals surface area contributed by atoms with E-state index in [1.165, 1.54) is 17.4 Å². The smallest absolute Gasteiger partial charge is 0.243 e.